The number of amides is 1. The fourth-order valence-corrected chi connectivity index (χ4v) is 3.83. The molecule has 0 spiro atoms. The van der Waals surface area contributed by atoms with Crippen molar-refractivity contribution in [3.8, 4) is 11.4 Å². The van der Waals surface area contributed by atoms with Crippen LogP contribution in [0, 0.1) is 5.92 Å². The second-order valence-electron chi connectivity index (χ2n) is 7.07. The molecule has 1 saturated heterocycles. The molecule has 0 saturated carbocycles. The molecule has 0 aliphatic carbocycles. The molecule has 2 heterocycles. The predicted octanol–water partition coefficient (Wildman–Crippen LogP) is 3.27. The highest BCUT2D eigenvalue weighted by Gasteiger charge is 2.28. The molecule has 1 aliphatic heterocycles. The van der Waals surface area contributed by atoms with Gasteiger partial charge in [0.2, 0.25) is 0 Å². The maximum absolute atomic E-state index is 13.1. The van der Waals surface area contributed by atoms with E-state index >= 15 is 0 Å². The molecule has 138 valence electrons. The molecule has 1 aromatic heterocycles. The monoisotopic (exact) mass is 361 g/mol. The highest BCUT2D eigenvalue weighted by atomic mass is 16.3. The summed E-state index contributed by atoms with van der Waals surface area (Å²) in [5.41, 5.74) is 3.68. The smallest absolute Gasteiger partial charge is 0.254 e. The van der Waals surface area contributed by atoms with Gasteiger partial charge in [0.15, 0.2) is 0 Å². The molecule has 1 atom stereocenters. The van der Waals surface area contributed by atoms with Crippen molar-refractivity contribution in [2.24, 2.45) is 5.92 Å². The predicted molar refractivity (Wildman–Crippen MR) is 104 cm³/mol. The second kappa shape index (κ2) is 7.76. The van der Waals surface area contributed by atoms with Crippen molar-refractivity contribution in [2.75, 3.05) is 13.1 Å². The summed E-state index contributed by atoms with van der Waals surface area (Å²) in [6.07, 6.45) is 5.39. The number of H-pyrrole nitrogens is 1. The van der Waals surface area contributed by atoms with Gasteiger partial charge in [0.05, 0.1) is 12.2 Å². The highest BCUT2D eigenvalue weighted by Crippen LogP contribution is 2.26. The summed E-state index contributed by atoms with van der Waals surface area (Å²) in [5, 5.41) is 9.31. The van der Waals surface area contributed by atoms with E-state index in [1.54, 1.807) is 12.4 Å². The summed E-state index contributed by atoms with van der Waals surface area (Å²) in [4.78, 5) is 22.4. The molecule has 5 nitrogen and oxygen atoms in total. The quantitative estimate of drug-likeness (QED) is 0.733. The van der Waals surface area contributed by atoms with Crippen LogP contribution >= 0.6 is 0 Å². The molecule has 1 aliphatic rings. The summed E-state index contributed by atoms with van der Waals surface area (Å²) in [6.45, 7) is 1.59. The molecule has 4 rings (SSSR count). The Morgan fingerprint density at radius 2 is 2.04 bits per heavy atom. The van der Waals surface area contributed by atoms with Gasteiger partial charge in [0, 0.05) is 31.0 Å². The zero-order chi connectivity index (χ0) is 18.6. The first-order valence-corrected chi connectivity index (χ1v) is 9.31. The first kappa shape index (κ1) is 17.5. The van der Waals surface area contributed by atoms with Crippen LogP contribution in [-0.2, 0) is 13.0 Å². The highest BCUT2D eigenvalue weighted by molar-refractivity contribution is 6.00. The number of hydrogen-bond donors (Lipinski definition) is 2. The fourth-order valence-electron chi connectivity index (χ4n) is 3.83. The van der Waals surface area contributed by atoms with E-state index in [0.717, 1.165) is 42.9 Å². The van der Waals surface area contributed by atoms with E-state index < -0.39 is 0 Å². The lowest BCUT2D eigenvalue weighted by molar-refractivity contribution is 0.0788. The lowest BCUT2D eigenvalue weighted by Crippen LogP contribution is -2.29. The van der Waals surface area contributed by atoms with Crippen LogP contribution in [0.4, 0.5) is 0 Å². The molecule has 3 aromatic rings. The number of hydrogen-bond acceptors (Lipinski definition) is 3. The SMILES string of the molecule is O=C(c1ccccc1-c1ncc[nH]1)N1CCC(Cc2cccc(CO)c2)C1. The summed E-state index contributed by atoms with van der Waals surface area (Å²) < 4.78 is 0. The molecular formula is C22H23N3O2. The van der Waals surface area contributed by atoms with Gasteiger partial charge in [-0.3, -0.25) is 4.79 Å². The molecule has 2 aromatic carbocycles. The zero-order valence-electron chi connectivity index (χ0n) is 15.1. The molecule has 5 heteroatoms. The van der Waals surface area contributed by atoms with E-state index in [0.29, 0.717) is 11.5 Å². The van der Waals surface area contributed by atoms with Crippen molar-refractivity contribution in [1.82, 2.24) is 14.9 Å². The number of rotatable bonds is 5. The Morgan fingerprint density at radius 3 is 2.85 bits per heavy atom. The molecule has 0 radical (unpaired) electrons. The molecule has 27 heavy (non-hydrogen) atoms. The van der Waals surface area contributed by atoms with Gasteiger partial charge < -0.3 is 15.0 Å². The maximum Gasteiger partial charge on any atom is 0.254 e. The number of nitrogens with zero attached hydrogens (tertiary/aromatic N) is 2. The number of imidazole rings is 1. The van der Waals surface area contributed by atoms with Crippen LogP contribution in [0.5, 0.6) is 0 Å². The van der Waals surface area contributed by atoms with Crippen LogP contribution in [0.2, 0.25) is 0 Å². The van der Waals surface area contributed by atoms with Gasteiger partial charge in [-0.2, -0.15) is 0 Å². The fraction of sp³-hybridized carbons (Fsp3) is 0.273. The van der Waals surface area contributed by atoms with Crippen LogP contribution in [-0.4, -0.2) is 39.0 Å². The lowest BCUT2D eigenvalue weighted by Gasteiger charge is -2.18. The lowest BCUT2D eigenvalue weighted by atomic mass is 9.97. The van der Waals surface area contributed by atoms with Gasteiger partial charge in [-0.15, -0.1) is 0 Å². The summed E-state index contributed by atoms with van der Waals surface area (Å²) in [6, 6.07) is 15.7. The number of aliphatic hydroxyl groups excluding tert-OH is 1. The van der Waals surface area contributed by atoms with Gasteiger partial charge in [-0.05, 0) is 36.0 Å². The summed E-state index contributed by atoms with van der Waals surface area (Å²) in [5.74, 6) is 1.22. The normalized spacial score (nSPS) is 16.6. The largest absolute Gasteiger partial charge is 0.392 e. The van der Waals surface area contributed by atoms with Crippen molar-refractivity contribution in [2.45, 2.75) is 19.4 Å². The number of aromatic amines is 1. The van der Waals surface area contributed by atoms with E-state index in [9.17, 15) is 9.90 Å². The topological polar surface area (TPSA) is 69.2 Å². The van der Waals surface area contributed by atoms with Crippen LogP contribution in [0.15, 0.2) is 60.9 Å². The average Bonchev–Trinajstić information content (AvgIpc) is 3.40. The van der Waals surface area contributed by atoms with Crippen molar-refractivity contribution in [3.05, 3.63) is 77.6 Å². The number of nitrogens with one attached hydrogen (secondary N) is 1. The molecule has 1 unspecified atom stereocenters. The van der Waals surface area contributed by atoms with Gasteiger partial charge >= 0.3 is 0 Å². The van der Waals surface area contributed by atoms with Gasteiger partial charge in [0.25, 0.3) is 5.91 Å². The number of aromatic nitrogens is 2. The third-order valence-electron chi connectivity index (χ3n) is 5.18. The molecular weight excluding hydrogens is 338 g/mol. The van der Waals surface area contributed by atoms with Crippen LogP contribution in [0.1, 0.15) is 27.9 Å². The van der Waals surface area contributed by atoms with Gasteiger partial charge in [-0.1, -0.05) is 42.5 Å². The average molecular weight is 361 g/mol. The minimum atomic E-state index is 0.0622. The minimum Gasteiger partial charge on any atom is -0.392 e. The van der Waals surface area contributed by atoms with Crippen molar-refractivity contribution >= 4 is 5.91 Å². The van der Waals surface area contributed by atoms with E-state index in [1.807, 2.05) is 41.3 Å². The van der Waals surface area contributed by atoms with Crippen LogP contribution in [0.3, 0.4) is 0 Å². The van der Waals surface area contributed by atoms with E-state index in [2.05, 4.69) is 22.1 Å². The third-order valence-corrected chi connectivity index (χ3v) is 5.18. The molecule has 1 fully saturated rings. The molecule has 0 bridgehead atoms. The van der Waals surface area contributed by atoms with Crippen molar-refractivity contribution in [3.63, 3.8) is 0 Å². The second-order valence-corrected chi connectivity index (χ2v) is 7.07. The Labute approximate surface area is 158 Å². The van der Waals surface area contributed by atoms with E-state index in [-0.39, 0.29) is 12.5 Å². The minimum absolute atomic E-state index is 0.0622. The van der Waals surface area contributed by atoms with Crippen LogP contribution < -0.4 is 0 Å². The van der Waals surface area contributed by atoms with Crippen LogP contribution in [0.25, 0.3) is 11.4 Å². The summed E-state index contributed by atoms with van der Waals surface area (Å²) in [7, 11) is 0. The molecule has 1 amide bonds. The first-order valence-electron chi connectivity index (χ1n) is 9.31. The zero-order valence-corrected chi connectivity index (χ0v) is 15.1. The maximum atomic E-state index is 13.1. The Hall–Kier alpha value is -2.92. The Balaban J connectivity index is 1.47. The number of benzene rings is 2. The third kappa shape index (κ3) is 3.78. The number of carbonyl (C=O) groups excluding carboxylic acids is 1. The standard InChI is InChI=1S/C22H23N3O2/c26-15-18-5-3-4-16(13-18)12-17-8-11-25(14-17)22(27)20-7-2-1-6-19(20)21-23-9-10-24-21/h1-7,9-10,13,17,26H,8,11-12,14-15H2,(H,23,24). The summed E-state index contributed by atoms with van der Waals surface area (Å²) >= 11 is 0. The van der Waals surface area contributed by atoms with Crippen molar-refractivity contribution < 1.29 is 9.90 Å². The first-order chi connectivity index (χ1) is 13.2. The Bertz CT molecular complexity index is 921. The number of likely N-dealkylation sites (tertiary alicyclic amines) is 1. The van der Waals surface area contributed by atoms with E-state index in [4.69, 9.17) is 0 Å². The Morgan fingerprint density at radius 1 is 1.19 bits per heavy atom. The Kier molecular flexibility index (Phi) is 5.03. The van der Waals surface area contributed by atoms with Gasteiger partial charge in [-0.25, -0.2) is 4.98 Å². The van der Waals surface area contributed by atoms with E-state index in [1.165, 1.54) is 5.56 Å². The molecule has 2 N–H and O–H groups in total. The number of aliphatic hydroxyl groups is 1. The van der Waals surface area contributed by atoms with Gasteiger partial charge in [0.1, 0.15) is 5.82 Å². The van der Waals surface area contributed by atoms with Crippen molar-refractivity contribution in [1.29, 1.82) is 0 Å². The number of carbonyl (C=O) groups is 1.